The van der Waals surface area contributed by atoms with Gasteiger partial charge in [-0.05, 0) is 35.7 Å². The summed E-state index contributed by atoms with van der Waals surface area (Å²) in [5.74, 6) is -0.309. The average Bonchev–Trinajstić information content (AvgIpc) is 2.52. The highest BCUT2D eigenvalue weighted by Crippen LogP contribution is 2.25. The Morgan fingerprint density at radius 2 is 2.10 bits per heavy atom. The Morgan fingerprint density at radius 3 is 2.95 bits per heavy atom. The second kappa shape index (κ2) is 6.19. The molecule has 1 aliphatic heterocycles. The Kier molecular flexibility index (Phi) is 4.11. The molecule has 21 heavy (non-hydrogen) atoms. The second-order valence-corrected chi connectivity index (χ2v) is 5.61. The summed E-state index contributed by atoms with van der Waals surface area (Å²) >= 11 is 5.91. The molecule has 1 N–H and O–H groups in total. The first kappa shape index (κ1) is 14.0. The molecule has 1 aliphatic rings. The van der Waals surface area contributed by atoms with Crippen molar-refractivity contribution < 1.29 is 9.53 Å². The van der Waals surface area contributed by atoms with E-state index in [9.17, 15) is 4.79 Å². The number of para-hydroxylation sites is 1. The quantitative estimate of drug-likeness (QED) is 0.879. The number of nitrogens with one attached hydrogen (secondary N) is 1. The topological polar surface area (TPSA) is 38.3 Å². The van der Waals surface area contributed by atoms with Crippen LogP contribution in [0.15, 0.2) is 48.5 Å². The second-order valence-electron chi connectivity index (χ2n) is 5.18. The highest BCUT2D eigenvalue weighted by molar-refractivity contribution is 6.30. The van der Waals surface area contributed by atoms with Crippen LogP contribution < -0.4 is 5.32 Å². The molecule has 0 spiro atoms. The van der Waals surface area contributed by atoms with E-state index in [0.29, 0.717) is 11.6 Å². The Balaban J connectivity index is 1.59. The number of halogens is 1. The molecule has 1 unspecified atom stereocenters. The van der Waals surface area contributed by atoms with Crippen LogP contribution in [0.3, 0.4) is 0 Å². The number of ether oxygens (including phenoxy) is 1. The lowest BCUT2D eigenvalue weighted by atomic mass is 9.94. The van der Waals surface area contributed by atoms with Crippen LogP contribution in [0.25, 0.3) is 0 Å². The fourth-order valence-corrected chi connectivity index (χ4v) is 2.72. The third-order valence-corrected chi connectivity index (χ3v) is 3.86. The van der Waals surface area contributed by atoms with Gasteiger partial charge in [-0.1, -0.05) is 41.9 Å². The number of anilines is 1. The van der Waals surface area contributed by atoms with Crippen LogP contribution in [0.4, 0.5) is 5.69 Å². The number of rotatable bonds is 3. The van der Waals surface area contributed by atoms with Crippen molar-refractivity contribution in [3.63, 3.8) is 0 Å². The SMILES string of the molecule is O=C(OCc1cccc(Cl)c1)C1CNc2ccccc2C1. The van der Waals surface area contributed by atoms with Crippen molar-refractivity contribution in [1.29, 1.82) is 0 Å². The van der Waals surface area contributed by atoms with Gasteiger partial charge in [0.25, 0.3) is 0 Å². The fourth-order valence-electron chi connectivity index (χ4n) is 2.51. The van der Waals surface area contributed by atoms with E-state index in [-0.39, 0.29) is 18.5 Å². The Hall–Kier alpha value is -2.00. The molecule has 0 fully saturated rings. The molecular formula is C17H16ClNO2. The molecule has 0 aliphatic carbocycles. The molecule has 0 saturated carbocycles. The number of hydrogen-bond acceptors (Lipinski definition) is 3. The summed E-state index contributed by atoms with van der Waals surface area (Å²) in [7, 11) is 0. The van der Waals surface area contributed by atoms with Crippen LogP contribution in [0.5, 0.6) is 0 Å². The van der Waals surface area contributed by atoms with E-state index in [0.717, 1.165) is 23.2 Å². The number of carbonyl (C=O) groups excluding carboxylic acids is 1. The lowest BCUT2D eigenvalue weighted by molar-refractivity contribution is -0.149. The van der Waals surface area contributed by atoms with Gasteiger partial charge in [-0.15, -0.1) is 0 Å². The van der Waals surface area contributed by atoms with Gasteiger partial charge >= 0.3 is 5.97 Å². The van der Waals surface area contributed by atoms with Gasteiger partial charge in [0, 0.05) is 17.3 Å². The summed E-state index contributed by atoms with van der Waals surface area (Å²) in [6.45, 7) is 0.878. The van der Waals surface area contributed by atoms with Crippen LogP contribution in [0, 0.1) is 5.92 Å². The van der Waals surface area contributed by atoms with Gasteiger partial charge in [-0.25, -0.2) is 0 Å². The minimum absolute atomic E-state index is 0.140. The van der Waals surface area contributed by atoms with Gasteiger partial charge in [-0.3, -0.25) is 4.79 Å². The van der Waals surface area contributed by atoms with Crippen molar-refractivity contribution in [2.24, 2.45) is 5.92 Å². The van der Waals surface area contributed by atoms with Crippen LogP contribution in [0.2, 0.25) is 5.02 Å². The number of esters is 1. The zero-order valence-electron chi connectivity index (χ0n) is 11.5. The summed E-state index contributed by atoms with van der Waals surface area (Å²) < 4.78 is 5.40. The number of hydrogen-bond donors (Lipinski definition) is 1. The number of fused-ring (bicyclic) bond motifs is 1. The van der Waals surface area contributed by atoms with Gasteiger partial charge in [0.1, 0.15) is 6.61 Å². The molecule has 1 atom stereocenters. The predicted molar refractivity (Wildman–Crippen MR) is 83.4 cm³/mol. The van der Waals surface area contributed by atoms with Crippen molar-refractivity contribution in [2.45, 2.75) is 13.0 Å². The summed E-state index contributed by atoms with van der Waals surface area (Å²) in [5, 5.41) is 3.93. The first-order chi connectivity index (χ1) is 10.2. The standard InChI is InChI=1S/C17H16ClNO2/c18-15-6-3-4-12(8-15)11-21-17(20)14-9-13-5-1-2-7-16(13)19-10-14/h1-8,14,19H,9-11H2. The molecule has 0 bridgehead atoms. The van der Waals surface area contributed by atoms with E-state index in [1.54, 1.807) is 6.07 Å². The van der Waals surface area contributed by atoms with E-state index in [2.05, 4.69) is 5.32 Å². The lowest BCUT2D eigenvalue weighted by Gasteiger charge is -2.24. The number of carbonyl (C=O) groups is 1. The van der Waals surface area contributed by atoms with E-state index in [4.69, 9.17) is 16.3 Å². The molecule has 0 aromatic heterocycles. The van der Waals surface area contributed by atoms with Gasteiger partial charge in [-0.2, -0.15) is 0 Å². The molecule has 3 rings (SSSR count). The zero-order valence-corrected chi connectivity index (χ0v) is 12.3. The van der Waals surface area contributed by atoms with Gasteiger partial charge < -0.3 is 10.1 Å². The van der Waals surface area contributed by atoms with Crippen molar-refractivity contribution >= 4 is 23.3 Å². The van der Waals surface area contributed by atoms with Gasteiger partial charge in [0.2, 0.25) is 0 Å². The van der Waals surface area contributed by atoms with Crippen LogP contribution in [0.1, 0.15) is 11.1 Å². The third kappa shape index (κ3) is 3.37. The van der Waals surface area contributed by atoms with Crippen molar-refractivity contribution in [3.05, 3.63) is 64.7 Å². The minimum Gasteiger partial charge on any atom is -0.461 e. The van der Waals surface area contributed by atoms with Gasteiger partial charge in [0.15, 0.2) is 0 Å². The molecule has 3 nitrogen and oxygen atoms in total. The molecule has 0 amide bonds. The summed E-state index contributed by atoms with van der Waals surface area (Å²) in [6, 6.07) is 15.4. The normalized spacial score (nSPS) is 16.7. The summed E-state index contributed by atoms with van der Waals surface area (Å²) in [6.07, 6.45) is 0.720. The van der Waals surface area contributed by atoms with Crippen LogP contribution in [-0.2, 0) is 22.6 Å². The molecular weight excluding hydrogens is 286 g/mol. The maximum Gasteiger partial charge on any atom is 0.311 e. The maximum atomic E-state index is 12.2. The smallest absolute Gasteiger partial charge is 0.311 e. The molecule has 0 saturated heterocycles. The van der Waals surface area contributed by atoms with E-state index >= 15 is 0 Å². The van der Waals surface area contributed by atoms with Gasteiger partial charge in [0.05, 0.1) is 5.92 Å². The van der Waals surface area contributed by atoms with E-state index in [1.807, 2.05) is 42.5 Å². The molecule has 4 heteroatoms. The Bertz CT molecular complexity index is 657. The predicted octanol–water partition coefficient (Wildman–Crippen LogP) is 3.67. The fraction of sp³-hybridized carbons (Fsp3) is 0.235. The summed E-state index contributed by atoms with van der Waals surface area (Å²) in [5.41, 5.74) is 3.17. The zero-order chi connectivity index (χ0) is 14.7. The Morgan fingerprint density at radius 1 is 1.24 bits per heavy atom. The highest BCUT2D eigenvalue weighted by atomic mass is 35.5. The molecule has 2 aromatic carbocycles. The lowest BCUT2D eigenvalue weighted by Crippen LogP contribution is -2.31. The van der Waals surface area contributed by atoms with Crippen molar-refractivity contribution in [1.82, 2.24) is 0 Å². The van der Waals surface area contributed by atoms with Crippen LogP contribution >= 0.6 is 11.6 Å². The van der Waals surface area contributed by atoms with E-state index < -0.39 is 0 Å². The van der Waals surface area contributed by atoms with Crippen LogP contribution in [-0.4, -0.2) is 12.5 Å². The first-order valence-corrected chi connectivity index (χ1v) is 7.33. The number of benzene rings is 2. The first-order valence-electron chi connectivity index (χ1n) is 6.95. The largest absolute Gasteiger partial charge is 0.461 e. The average molecular weight is 302 g/mol. The molecule has 108 valence electrons. The van der Waals surface area contributed by atoms with E-state index in [1.165, 1.54) is 0 Å². The molecule has 1 heterocycles. The molecule has 2 aromatic rings. The Labute approximate surface area is 128 Å². The third-order valence-electron chi connectivity index (χ3n) is 3.63. The summed E-state index contributed by atoms with van der Waals surface area (Å²) in [4.78, 5) is 12.2. The highest BCUT2D eigenvalue weighted by Gasteiger charge is 2.25. The maximum absolute atomic E-state index is 12.2. The monoisotopic (exact) mass is 301 g/mol. The molecule has 0 radical (unpaired) electrons. The van der Waals surface area contributed by atoms with Crippen molar-refractivity contribution in [2.75, 3.05) is 11.9 Å². The van der Waals surface area contributed by atoms with Crippen molar-refractivity contribution in [3.8, 4) is 0 Å². The minimum atomic E-state index is -0.169.